The maximum atomic E-state index is 12.6. The van der Waals surface area contributed by atoms with Crippen molar-refractivity contribution in [3.63, 3.8) is 0 Å². The lowest BCUT2D eigenvalue weighted by molar-refractivity contribution is -0.123. The van der Waals surface area contributed by atoms with E-state index in [9.17, 15) is 14.4 Å². The van der Waals surface area contributed by atoms with E-state index in [1.807, 2.05) is 37.3 Å². The van der Waals surface area contributed by atoms with Gasteiger partial charge in [-0.3, -0.25) is 19.3 Å². The third-order valence-electron chi connectivity index (χ3n) is 5.43. The summed E-state index contributed by atoms with van der Waals surface area (Å²) in [4.78, 5) is 38.5. The van der Waals surface area contributed by atoms with Crippen LogP contribution in [0.2, 0.25) is 0 Å². The molecule has 29 heavy (non-hydrogen) atoms. The smallest absolute Gasteiger partial charge is 0.241 e. The van der Waals surface area contributed by atoms with Gasteiger partial charge in [0.25, 0.3) is 0 Å². The number of ketones is 1. The summed E-state index contributed by atoms with van der Waals surface area (Å²) in [5.74, 6) is -0.0949. The van der Waals surface area contributed by atoms with Gasteiger partial charge in [0.15, 0.2) is 5.78 Å². The number of likely N-dealkylation sites (tertiary alicyclic amines) is 1. The number of carbonyl (C=O) groups excluding carboxylic acids is 3. The number of hydrogen-bond donors (Lipinski definition) is 2. The Balaban J connectivity index is 1.48. The number of hydrogen-bond acceptors (Lipinski definition) is 4. The van der Waals surface area contributed by atoms with Crippen LogP contribution in [0.5, 0.6) is 0 Å². The molecule has 152 valence electrons. The number of rotatable bonds is 6. The summed E-state index contributed by atoms with van der Waals surface area (Å²) in [6.45, 7) is 4.79. The zero-order valence-corrected chi connectivity index (χ0v) is 16.9. The van der Waals surface area contributed by atoms with Crippen LogP contribution in [-0.4, -0.2) is 41.6 Å². The van der Waals surface area contributed by atoms with Gasteiger partial charge in [0.05, 0.1) is 6.04 Å². The van der Waals surface area contributed by atoms with Crippen LogP contribution < -0.4 is 10.6 Å². The third kappa shape index (κ3) is 5.51. The number of nitrogens with zero attached hydrogens (tertiary/aromatic N) is 1. The van der Waals surface area contributed by atoms with Gasteiger partial charge in [-0.25, -0.2) is 0 Å². The average Bonchev–Trinajstić information content (AvgIpc) is 2.74. The van der Waals surface area contributed by atoms with Gasteiger partial charge in [0.1, 0.15) is 0 Å². The lowest BCUT2D eigenvalue weighted by Crippen LogP contribution is -2.47. The van der Waals surface area contributed by atoms with Crippen molar-refractivity contribution >= 4 is 29.0 Å². The predicted octanol–water partition coefficient (Wildman–Crippen LogP) is 3.57. The second-order valence-electron chi connectivity index (χ2n) is 7.46. The normalized spacial score (nSPS) is 16.1. The van der Waals surface area contributed by atoms with E-state index in [-0.39, 0.29) is 29.6 Å². The Labute approximate surface area is 171 Å². The molecule has 2 amide bonds. The van der Waals surface area contributed by atoms with Crippen molar-refractivity contribution in [3.05, 3.63) is 60.2 Å². The SMILES string of the molecule is CC(=O)c1ccc(NC(=O)[C@H](C)N2CCC(C(=O)Nc3ccccc3)CC2)cc1. The molecule has 2 aromatic carbocycles. The number of amides is 2. The molecule has 6 heteroatoms. The first kappa shape index (κ1) is 20.7. The van der Waals surface area contributed by atoms with Crippen molar-refractivity contribution in [2.45, 2.75) is 32.7 Å². The zero-order valence-electron chi connectivity index (χ0n) is 16.9. The molecular weight excluding hydrogens is 366 g/mol. The number of Topliss-reactive ketones (excluding diaryl/α,β-unsaturated/α-hetero) is 1. The lowest BCUT2D eigenvalue weighted by Gasteiger charge is -2.34. The Bertz CT molecular complexity index is 857. The molecule has 0 aromatic heterocycles. The van der Waals surface area contributed by atoms with Crippen LogP contribution in [0.25, 0.3) is 0 Å². The van der Waals surface area contributed by atoms with Gasteiger partial charge in [-0.2, -0.15) is 0 Å². The maximum absolute atomic E-state index is 12.6. The average molecular weight is 393 g/mol. The van der Waals surface area contributed by atoms with Crippen molar-refractivity contribution in [1.29, 1.82) is 0 Å². The van der Waals surface area contributed by atoms with Gasteiger partial charge < -0.3 is 10.6 Å². The Morgan fingerprint density at radius 2 is 1.48 bits per heavy atom. The fourth-order valence-electron chi connectivity index (χ4n) is 3.52. The highest BCUT2D eigenvalue weighted by Gasteiger charge is 2.29. The van der Waals surface area contributed by atoms with E-state index in [1.165, 1.54) is 6.92 Å². The van der Waals surface area contributed by atoms with E-state index < -0.39 is 0 Å². The standard InChI is InChI=1S/C23H27N3O3/c1-16(22(28)24-21-10-8-18(9-11-21)17(2)27)26-14-12-19(13-15-26)23(29)25-20-6-4-3-5-7-20/h3-11,16,19H,12-15H2,1-2H3,(H,24,28)(H,25,29)/t16-/m0/s1. The number of nitrogens with one attached hydrogen (secondary N) is 2. The third-order valence-corrected chi connectivity index (χ3v) is 5.43. The highest BCUT2D eigenvalue weighted by Crippen LogP contribution is 2.21. The van der Waals surface area contributed by atoms with Crippen LogP contribution in [-0.2, 0) is 9.59 Å². The second kappa shape index (κ2) is 9.47. The van der Waals surface area contributed by atoms with Crippen LogP contribution >= 0.6 is 0 Å². The summed E-state index contributed by atoms with van der Waals surface area (Å²) in [5.41, 5.74) is 2.10. The van der Waals surface area contributed by atoms with Gasteiger partial charge in [-0.1, -0.05) is 18.2 Å². The largest absolute Gasteiger partial charge is 0.326 e. The van der Waals surface area contributed by atoms with Crippen LogP contribution in [0.15, 0.2) is 54.6 Å². The summed E-state index contributed by atoms with van der Waals surface area (Å²) in [6.07, 6.45) is 1.45. The monoisotopic (exact) mass is 393 g/mol. The lowest BCUT2D eigenvalue weighted by atomic mass is 9.94. The Hall–Kier alpha value is -2.99. The molecule has 1 saturated heterocycles. The molecule has 3 rings (SSSR count). The number of benzene rings is 2. The van der Waals surface area contributed by atoms with Crippen molar-refractivity contribution in [2.75, 3.05) is 23.7 Å². The zero-order chi connectivity index (χ0) is 20.8. The minimum atomic E-state index is -0.291. The summed E-state index contributed by atoms with van der Waals surface area (Å²) >= 11 is 0. The van der Waals surface area contributed by atoms with Gasteiger partial charge in [0, 0.05) is 22.9 Å². The van der Waals surface area contributed by atoms with Gasteiger partial charge in [-0.15, -0.1) is 0 Å². The molecule has 1 heterocycles. The molecule has 1 fully saturated rings. The number of para-hydroxylation sites is 1. The highest BCUT2D eigenvalue weighted by molar-refractivity contribution is 5.97. The topological polar surface area (TPSA) is 78.5 Å². The van der Waals surface area contributed by atoms with E-state index in [4.69, 9.17) is 0 Å². The van der Waals surface area contributed by atoms with Gasteiger partial charge in [-0.05, 0) is 76.2 Å². The van der Waals surface area contributed by atoms with E-state index in [0.29, 0.717) is 24.3 Å². The van der Waals surface area contributed by atoms with Crippen molar-refractivity contribution in [1.82, 2.24) is 4.90 Å². The molecule has 0 aliphatic carbocycles. The first-order valence-electron chi connectivity index (χ1n) is 9.96. The Morgan fingerprint density at radius 3 is 2.07 bits per heavy atom. The van der Waals surface area contributed by atoms with E-state index in [2.05, 4.69) is 15.5 Å². The highest BCUT2D eigenvalue weighted by atomic mass is 16.2. The molecular formula is C23H27N3O3. The van der Waals surface area contributed by atoms with E-state index in [1.54, 1.807) is 24.3 Å². The van der Waals surface area contributed by atoms with E-state index in [0.717, 1.165) is 18.5 Å². The summed E-state index contributed by atoms with van der Waals surface area (Å²) in [5, 5.41) is 5.86. The molecule has 2 aromatic rings. The van der Waals surface area contributed by atoms with E-state index >= 15 is 0 Å². The van der Waals surface area contributed by atoms with Gasteiger partial charge >= 0.3 is 0 Å². The first-order chi connectivity index (χ1) is 13.9. The number of carbonyl (C=O) groups is 3. The molecule has 1 aliphatic heterocycles. The summed E-state index contributed by atoms with van der Waals surface area (Å²) < 4.78 is 0. The van der Waals surface area contributed by atoms with Crippen LogP contribution in [0, 0.1) is 5.92 Å². The minimum Gasteiger partial charge on any atom is -0.326 e. The predicted molar refractivity (Wildman–Crippen MR) is 114 cm³/mol. The molecule has 2 N–H and O–H groups in total. The summed E-state index contributed by atoms with van der Waals surface area (Å²) in [7, 11) is 0. The van der Waals surface area contributed by atoms with Crippen molar-refractivity contribution in [2.24, 2.45) is 5.92 Å². The Morgan fingerprint density at radius 1 is 0.897 bits per heavy atom. The van der Waals surface area contributed by atoms with Crippen LogP contribution in [0.3, 0.4) is 0 Å². The fourth-order valence-corrected chi connectivity index (χ4v) is 3.52. The molecule has 0 radical (unpaired) electrons. The minimum absolute atomic E-state index is 0.00424. The molecule has 0 unspecified atom stereocenters. The van der Waals surface area contributed by atoms with Crippen LogP contribution in [0.4, 0.5) is 11.4 Å². The Kier molecular flexibility index (Phi) is 6.77. The quantitative estimate of drug-likeness (QED) is 0.736. The molecule has 0 saturated carbocycles. The molecule has 0 bridgehead atoms. The molecule has 6 nitrogen and oxygen atoms in total. The molecule has 1 atom stereocenters. The van der Waals surface area contributed by atoms with Crippen molar-refractivity contribution < 1.29 is 14.4 Å². The molecule has 0 spiro atoms. The van der Waals surface area contributed by atoms with Crippen LogP contribution in [0.1, 0.15) is 37.0 Å². The van der Waals surface area contributed by atoms with Crippen molar-refractivity contribution in [3.8, 4) is 0 Å². The number of anilines is 2. The molecule has 1 aliphatic rings. The fraction of sp³-hybridized carbons (Fsp3) is 0.348. The first-order valence-corrected chi connectivity index (χ1v) is 9.96. The summed E-state index contributed by atoms with van der Waals surface area (Å²) in [6, 6.07) is 16.1. The second-order valence-corrected chi connectivity index (χ2v) is 7.46. The maximum Gasteiger partial charge on any atom is 0.241 e. The van der Waals surface area contributed by atoms with Gasteiger partial charge in [0.2, 0.25) is 11.8 Å². The number of piperidine rings is 1.